The number of benzene rings is 1. The van der Waals surface area contributed by atoms with Gasteiger partial charge in [-0.2, -0.15) is 0 Å². The SMILES string of the molecule is C[C@@H]1CCc2sc(-c3nnc(SCc4nnc(-c5ccc(Cl)cc5)o4)o3)cc2C1. The Morgan fingerprint density at radius 2 is 1.93 bits per heavy atom. The first-order valence-electron chi connectivity index (χ1n) is 9.30. The van der Waals surface area contributed by atoms with E-state index in [9.17, 15) is 0 Å². The fourth-order valence-corrected chi connectivity index (χ4v) is 5.18. The fourth-order valence-electron chi connectivity index (χ4n) is 3.32. The van der Waals surface area contributed by atoms with Crippen LogP contribution in [0.2, 0.25) is 5.02 Å². The number of rotatable bonds is 5. The van der Waals surface area contributed by atoms with Crippen LogP contribution in [0.3, 0.4) is 0 Å². The Kier molecular flexibility index (Phi) is 5.15. The molecule has 0 N–H and O–H groups in total. The molecule has 1 aromatic carbocycles. The van der Waals surface area contributed by atoms with Crippen LogP contribution in [0.25, 0.3) is 22.2 Å². The second-order valence-electron chi connectivity index (χ2n) is 7.08. The van der Waals surface area contributed by atoms with Crippen LogP contribution in [-0.4, -0.2) is 20.4 Å². The number of thiophene rings is 1. The molecule has 0 saturated carbocycles. The third-order valence-electron chi connectivity index (χ3n) is 4.82. The zero-order valence-electron chi connectivity index (χ0n) is 15.6. The smallest absolute Gasteiger partial charge is 0.277 e. The van der Waals surface area contributed by atoms with Crippen LogP contribution in [0.4, 0.5) is 0 Å². The fraction of sp³-hybridized carbons (Fsp3) is 0.300. The standard InChI is InChI=1S/C20H17ClN4O2S2/c1-11-2-7-15-13(8-11)9-16(29-15)19-24-25-20(27-19)28-10-17-22-23-18(26-17)12-3-5-14(21)6-4-12/h3-6,9,11H,2,7-8,10H2,1H3/t11-/m1/s1. The van der Waals surface area contributed by atoms with E-state index >= 15 is 0 Å². The van der Waals surface area contributed by atoms with E-state index in [4.69, 9.17) is 20.4 Å². The van der Waals surface area contributed by atoms with Gasteiger partial charge in [-0.15, -0.1) is 31.7 Å². The van der Waals surface area contributed by atoms with Crippen LogP contribution < -0.4 is 0 Å². The van der Waals surface area contributed by atoms with Gasteiger partial charge in [0.2, 0.25) is 11.8 Å². The number of hydrogen-bond acceptors (Lipinski definition) is 8. The Morgan fingerprint density at radius 1 is 1.10 bits per heavy atom. The molecule has 1 aliphatic carbocycles. The first-order valence-corrected chi connectivity index (χ1v) is 11.5. The van der Waals surface area contributed by atoms with Gasteiger partial charge >= 0.3 is 0 Å². The minimum absolute atomic E-state index is 0.459. The molecule has 1 aliphatic rings. The molecule has 3 aromatic heterocycles. The molecule has 0 fully saturated rings. The van der Waals surface area contributed by atoms with Gasteiger partial charge in [0.05, 0.1) is 10.6 Å². The van der Waals surface area contributed by atoms with Crippen LogP contribution in [0, 0.1) is 5.92 Å². The number of aryl methyl sites for hydroxylation is 1. The molecule has 0 aliphatic heterocycles. The van der Waals surface area contributed by atoms with Crippen LogP contribution in [0.15, 0.2) is 44.4 Å². The van der Waals surface area contributed by atoms with E-state index in [1.807, 2.05) is 12.1 Å². The molecular weight excluding hydrogens is 428 g/mol. The van der Waals surface area contributed by atoms with E-state index in [-0.39, 0.29) is 0 Å². The van der Waals surface area contributed by atoms with Gasteiger partial charge in [-0.1, -0.05) is 30.3 Å². The second kappa shape index (κ2) is 7.93. The number of halogens is 1. The Balaban J connectivity index is 1.25. The molecular formula is C20H17ClN4O2S2. The summed E-state index contributed by atoms with van der Waals surface area (Å²) in [7, 11) is 0. The van der Waals surface area contributed by atoms with E-state index in [0.717, 1.165) is 29.2 Å². The van der Waals surface area contributed by atoms with Crippen molar-refractivity contribution in [2.75, 3.05) is 0 Å². The maximum Gasteiger partial charge on any atom is 0.277 e. The Labute approximate surface area is 180 Å². The lowest BCUT2D eigenvalue weighted by Crippen LogP contribution is -2.07. The lowest BCUT2D eigenvalue weighted by atomic mass is 9.90. The highest BCUT2D eigenvalue weighted by molar-refractivity contribution is 7.98. The normalized spacial score (nSPS) is 16.1. The van der Waals surface area contributed by atoms with Crippen LogP contribution >= 0.6 is 34.7 Å². The summed E-state index contributed by atoms with van der Waals surface area (Å²) in [5.41, 5.74) is 2.26. The number of thioether (sulfide) groups is 1. The first-order chi connectivity index (χ1) is 14.1. The second-order valence-corrected chi connectivity index (χ2v) is 9.58. The van der Waals surface area contributed by atoms with E-state index < -0.39 is 0 Å². The molecule has 9 heteroatoms. The largest absolute Gasteiger partial charge is 0.420 e. The maximum atomic E-state index is 5.91. The van der Waals surface area contributed by atoms with Crippen molar-refractivity contribution >= 4 is 34.7 Å². The van der Waals surface area contributed by atoms with Crippen LogP contribution in [0.1, 0.15) is 29.7 Å². The average molecular weight is 445 g/mol. The number of nitrogens with zero attached hydrogens (tertiary/aromatic N) is 4. The third-order valence-corrected chi connectivity index (χ3v) is 7.10. The highest BCUT2D eigenvalue weighted by Crippen LogP contribution is 2.37. The molecule has 0 radical (unpaired) electrons. The molecule has 1 atom stereocenters. The van der Waals surface area contributed by atoms with Gasteiger partial charge in [-0.05, 0) is 61.1 Å². The Morgan fingerprint density at radius 3 is 2.79 bits per heavy atom. The van der Waals surface area contributed by atoms with E-state index in [1.165, 1.54) is 28.6 Å². The quantitative estimate of drug-likeness (QED) is 0.353. The van der Waals surface area contributed by atoms with Gasteiger partial charge in [0.25, 0.3) is 11.1 Å². The summed E-state index contributed by atoms with van der Waals surface area (Å²) in [6.45, 7) is 2.30. The molecule has 29 heavy (non-hydrogen) atoms. The topological polar surface area (TPSA) is 77.8 Å². The average Bonchev–Trinajstić information content (AvgIpc) is 3.45. The van der Waals surface area contributed by atoms with Crippen molar-refractivity contribution < 1.29 is 8.83 Å². The van der Waals surface area contributed by atoms with Gasteiger partial charge in [-0.3, -0.25) is 0 Å². The van der Waals surface area contributed by atoms with Crippen molar-refractivity contribution in [3.8, 4) is 22.2 Å². The number of hydrogen-bond donors (Lipinski definition) is 0. The summed E-state index contributed by atoms with van der Waals surface area (Å²) in [6, 6.07) is 9.47. The van der Waals surface area contributed by atoms with Gasteiger partial charge < -0.3 is 8.83 Å². The molecule has 6 nitrogen and oxygen atoms in total. The van der Waals surface area contributed by atoms with Crippen LogP contribution in [-0.2, 0) is 18.6 Å². The van der Waals surface area contributed by atoms with E-state index in [1.54, 1.807) is 23.5 Å². The van der Waals surface area contributed by atoms with Gasteiger partial charge in [0.15, 0.2) is 0 Å². The van der Waals surface area contributed by atoms with Gasteiger partial charge in [0, 0.05) is 15.5 Å². The molecule has 0 unspecified atom stereocenters. The lowest BCUT2D eigenvalue weighted by molar-refractivity contribution is 0.465. The predicted molar refractivity (Wildman–Crippen MR) is 113 cm³/mol. The minimum Gasteiger partial charge on any atom is -0.420 e. The molecule has 0 amide bonds. The molecule has 0 spiro atoms. The molecule has 4 aromatic rings. The molecule has 148 valence electrons. The van der Waals surface area contributed by atoms with E-state index in [2.05, 4.69) is 33.4 Å². The monoisotopic (exact) mass is 444 g/mol. The van der Waals surface area contributed by atoms with Crippen LogP contribution in [0.5, 0.6) is 0 Å². The zero-order valence-corrected chi connectivity index (χ0v) is 18.0. The van der Waals surface area contributed by atoms with Crippen molar-refractivity contribution in [2.24, 2.45) is 5.92 Å². The zero-order chi connectivity index (χ0) is 19.8. The summed E-state index contributed by atoms with van der Waals surface area (Å²) in [4.78, 5) is 2.50. The third kappa shape index (κ3) is 4.10. The number of fused-ring (bicyclic) bond motifs is 1. The summed E-state index contributed by atoms with van der Waals surface area (Å²) >= 11 is 9.06. The van der Waals surface area contributed by atoms with Gasteiger partial charge in [0.1, 0.15) is 0 Å². The highest BCUT2D eigenvalue weighted by atomic mass is 35.5. The van der Waals surface area contributed by atoms with E-state index in [0.29, 0.717) is 33.7 Å². The number of aromatic nitrogens is 4. The molecule has 0 bridgehead atoms. The molecule has 0 saturated heterocycles. The van der Waals surface area contributed by atoms with Crippen molar-refractivity contribution in [3.05, 3.63) is 51.7 Å². The van der Waals surface area contributed by atoms with Crippen molar-refractivity contribution in [1.29, 1.82) is 0 Å². The first kappa shape index (κ1) is 18.8. The van der Waals surface area contributed by atoms with Crippen molar-refractivity contribution in [3.63, 3.8) is 0 Å². The summed E-state index contributed by atoms with van der Waals surface area (Å²) in [5.74, 6) is 2.74. The predicted octanol–water partition coefficient (Wildman–Crippen LogP) is 5.92. The Bertz CT molecular complexity index is 1140. The minimum atomic E-state index is 0.459. The summed E-state index contributed by atoms with van der Waals surface area (Å²) in [5, 5.41) is 17.7. The Hall–Kier alpha value is -2.16. The van der Waals surface area contributed by atoms with Crippen molar-refractivity contribution in [1.82, 2.24) is 20.4 Å². The van der Waals surface area contributed by atoms with Crippen molar-refractivity contribution in [2.45, 2.75) is 37.2 Å². The highest BCUT2D eigenvalue weighted by Gasteiger charge is 2.21. The summed E-state index contributed by atoms with van der Waals surface area (Å²) in [6.07, 6.45) is 3.53. The maximum absolute atomic E-state index is 5.91. The lowest BCUT2D eigenvalue weighted by Gasteiger charge is -2.16. The molecule has 5 rings (SSSR count). The molecule has 3 heterocycles. The summed E-state index contributed by atoms with van der Waals surface area (Å²) < 4.78 is 11.6. The van der Waals surface area contributed by atoms with Gasteiger partial charge in [-0.25, -0.2) is 0 Å².